The van der Waals surface area contributed by atoms with Crippen molar-refractivity contribution in [2.45, 2.75) is 49.0 Å². The fraction of sp³-hybridized carbons (Fsp3) is 0.469. The van der Waals surface area contributed by atoms with Crippen molar-refractivity contribution >= 4 is 17.3 Å². The number of hydrogen-bond donors (Lipinski definition) is 3. The van der Waals surface area contributed by atoms with Gasteiger partial charge in [0.2, 0.25) is 12.5 Å². The molecule has 14 heteroatoms. The molecule has 5 aliphatic rings. The zero-order chi connectivity index (χ0) is 32.6. The Balaban J connectivity index is 1.18. The SMILES string of the molecule is [2H][C@]12C(=O)OC[C@@H]1[C@H](O[C@@H]1O[C@@H]3CO[C@@H](c4cccs4)O[C@H]3[C@H](O)C1O)c1cc3c(cc1[C@H]2c1cc(OC)c(O)c(OC)c1)OCO3. The number of phenolic OH excluding ortho intramolecular Hbond substituents is 1. The van der Waals surface area contributed by atoms with Crippen LogP contribution in [0.15, 0.2) is 41.8 Å². The number of aromatic hydroxyl groups is 1. The molecule has 3 saturated heterocycles. The lowest BCUT2D eigenvalue weighted by Crippen LogP contribution is -2.62. The summed E-state index contributed by atoms with van der Waals surface area (Å²) in [6.45, 7) is -0.133. The van der Waals surface area contributed by atoms with E-state index >= 15 is 0 Å². The first-order valence-corrected chi connectivity index (χ1v) is 15.6. The summed E-state index contributed by atoms with van der Waals surface area (Å²) in [5.74, 6) is -3.83. The average Bonchev–Trinajstić information content (AvgIpc) is 3.84. The summed E-state index contributed by atoms with van der Waals surface area (Å²) in [6, 6.07) is 10.2. The van der Waals surface area contributed by atoms with Crippen LogP contribution in [0.25, 0.3) is 0 Å². The van der Waals surface area contributed by atoms with E-state index in [-0.39, 0.29) is 37.3 Å². The molecule has 4 aliphatic heterocycles. The van der Waals surface area contributed by atoms with E-state index in [0.29, 0.717) is 28.2 Å². The molecule has 0 radical (unpaired) electrons. The second kappa shape index (κ2) is 11.6. The summed E-state index contributed by atoms with van der Waals surface area (Å²) < 4.78 is 62.1. The summed E-state index contributed by atoms with van der Waals surface area (Å²) in [6.07, 6.45) is -7.74. The third-order valence-electron chi connectivity index (χ3n) is 9.13. The number of phenols is 1. The molecule has 1 aliphatic carbocycles. The van der Waals surface area contributed by atoms with Crippen LogP contribution in [0.5, 0.6) is 28.7 Å². The molecule has 10 atom stereocenters. The Kier molecular flexibility index (Phi) is 7.18. The molecule has 1 aromatic heterocycles. The van der Waals surface area contributed by atoms with Crippen LogP contribution in [0.4, 0.5) is 0 Å². The van der Waals surface area contributed by atoms with Gasteiger partial charge in [-0.3, -0.25) is 4.79 Å². The smallest absolute Gasteiger partial charge is 0.310 e. The Morgan fingerprint density at radius 2 is 1.70 bits per heavy atom. The van der Waals surface area contributed by atoms with Gasteiger partial charge in [0.05, 0.1) is 44.3 Å². The highest BCUT2D eigenvalue weighted by molar-refractivity contribution is 7.10. The van der Waals surface area contributed by atoms with Crippen LogP contribution in [0.2, 0.25) is 0 Å². The summed E-state index contributed by atoms with van der Waals surface area (Å²) in [5, 5.41) is 35.0. The number of thiophene rings is 1. The number of carbonyl (C=O) groups excluding carboxylic acids is 1. The summed E-state index contributed by atoms with van der Waals surface area (Å²) >= 11 is 1.45. The molecule has 1 unspecified atom stereocenters. The lowest BCUT2D eigenvalue weighted by Gasteiger charge is -2.48. The van der Waals surface area contributed by atoms with E-state index in [1.54, 1.807) is 24.3 Å². The fourth-order valence-corrected chi connectivity index (χ4v) is 7.64. The number of cyclic esters (lactones) is 1. The van der Waals surface area contributed by atoms with E-state index in [4.69, 9.17) is 42.6 Å². The van der Waals surface area contributed by atoms with E-state index in [0.717, 1.165) is 4.88 Å². The largest absolute Gasteiger partial charge is 0.502 e. The van der Waals surface area contributed by atoms with Crippen molar-refractivity contribution in [3.8, 4) is 28.7 Å². The fourth-order valence-electron chi connectivity index (χ4n) is 6.94. The predicted molar refractivity (Wildman–Crippen MR) is 156 cm³/mol. The van der Waals surface area contributed by atoms with E-state index in [1.165, 1.54) is 25.6 Å². The molecular formula is C32H32O13S. The van der Waals surface area contributed by atoms with Crippen LogP contribution >= 0.6 is 11.3 Å². The van der Waals surface area contributed by atoms with Crippen LogP contribution in [-0.4, -0.2) is 86.2 Å². The topological polar surface area (TPSA) is 161 Å². The second-order valence-corrected chi connectivity index (χ2v) is 12.5. The van der Waals surface area contributed by atoms with Crippen molar-refractivity contribution in [2.24, 2.45) is 11.8 Å². The van der Waals surface area contributed by atoms with Gasteiger partial charge in [0.1, 0.15) is 24.4 Å². The van der Waals surface area contributed by atoms with Gasteiger partial charge in [-0.2, -0.15) is 0 Å². The summed E-state index contributed by atoms with van der Waals surface area (Å²) in [5.41, 5.74) is 1.47. The third-order valence-corrected chi connectivity index (χ3v) is 10.0. The minimum Gasteiger partial charge on any atom is -0.502 e. The maximum absolute atomic E-state index is 13.6. The Morgan fingerprint density at radius 3 is 2.39 bits per heavy atom. The van der Waals surface area contributed by atoms with E-state index < -0.39 is 66.8 Å². The van der Waals surface area contributed by atoms with Crippen LogP contribution < -0.4 is 18.9 Å². The van der Waals surface area contributed by atoms with Gasteiger partial charge in [0.15, 0.2) is 35.6 Å². The number of aliphatic hydroxyl groups excluding tert-OH is 2. The van der Waals surface area contributed by atoms with Crippen molar-refractivity contribution in [3.63, 3.8) is 0 Å². The molecule has 8 rings (SSSR count). The normalized spacial score (nSPS) is 36.2. The number of ether oxygens (including phenoxy) is 9. The monoisotopic (exact) mass is 657 g/mol. The summed E-state index contributed by atoms with van der Waals surface area (Å²) in [4.78, 5) is 14.4. The zero-order valence-corrected chi connectivity index (χ0v) is 25.5. The first-order valence-electron chi connectivity index (χ1n) is 15.3. The number of carbonyl (C=O) groups is 1. The molecule has 244 valence electrons. The number of hydrogen-bond acceptors (Lipinski definition) is 14. The van der Waals surface area contributed by atoms with E-state index in [9.17, 15) is 21.5 Å². The number of esters is 1. The molecular weight excluding hydrogens is 624 g/mol. The Hall–Kier alpha value is -3.63. The Bertz CT molecular complexity index is 1660. The van der Waals surface area contributed by atoms with Gasteiger partial charge in [0.25, 0.3) is 0 Å². The zero-order valence-electron chi connectivity index (χ0n) is 25.7. The highest BCUT2D eigenvalue weighted by atomic mass is 32.1. The van der Waals surface area contributed by atoms with Gasteiger partial charge in [-0.05, 0) is 52.4 Å². The Labute approximate surface area is 268 Å². The molecule has 3 fully saturated rings. The molecule has 0 saturated carbocycles. The van der Waals surface area contributed by atoms with Crippen LogP contribution in [-0.2, 0) is 28.5 Å². The molecule has 3 aromatic rings. The van der Waals surface area contributed by atoms with Gasteiger partial charge in [-0.1, -0.05) is 6.07 Å². The average molecular weight is 658 g/mol. The highest BCUT2D eigenvalue weighted by Gasteiger charge is 2.56. The standard InChI is InChI=1S/C32H32O13S/c1-37-19-6-13(7-20(38-2)25(19)33)23-14-8-17-18(42-12-41-17)9-15(14)28(16-10-39-30(36)24(16)23)44-32-27(35)26(34)29-21(43-32)11-40-31(45-29)22-4-3-5-46-22/h3-9,16,21,23-24,26-29,31-35H,10-12H2,1-2H3/t16-,21+,23+,24-,26+,27?,28+,29+,31+,32-/m0/s1/i24D. The van der Waals surface area contributed by atoms with Crippen LogP contribution in [0, 0.1) is 11.8 Å². The molecule has 3 N–H and O–H groups in total. The minimum absolute atomic E-state index is 0.0288. The first-order chi connectivity index (χ1) is 22.7. The van der Waals surface area contributed by atoms with Crippen molar-refractivity contribution in [3.05, 3.63) is 63.3 Å². The lowest BCUT2D eigenvalue weighted by atomic mass is 9.66. The quantitative estimate of drug-likeness (QED) is 0.333. The van der Waals surface area contributed by atoms with Gasteiger partial charge in [0, 0.05) is 13.2 Å². The second-order valence-electron chi connectivity index (χ2n) is 11.6. The lowest BCUT2D eigenvalue weighted by molar-refractivity contribution is -0.368. The molecule has 0 spiro atoms. The number of benzene rings is 2. The van der Waals surface area contributed by atoms with E-state index in [1.807, 2.05) is 17.5 Å². The van der Waals surface area contributed by atoms with Crippen molar-refractivity contribution in [1.82, 2.24) is 0 Å². The number of fused-ring (bicyclic) bond motifs is 4. The summed E-state index contributed by atoms with van der Waals surface area (Å²) in [7, 11) is 2.77. The molecule has 2 aromatic carbocycles. The molecule has 46 heavy (non-hydrogen) atoms. The van der Waals surface area contributed by atoms with Crippen LogP contribution in [0.1, 0.15) is 41.3 Å². The van der Waals surface area contributed by atoms with E-state index in [2.05, 4.69) is 0 Å². The van der Waals surface area contributed by atoms with Gasteiger partial charge in [-0.15, -0.1) is 11.3 Å². The van der Waals surface area contributed by atoms with Crippen molar-refractivity contribution < 1.29 is 64.1 Å². The van der Waals surface area contributed by atoms with Gasteiger partial charge >= 0.3 is 5.97 Å². The Morgan fingerprint density at radius 1 is 0.957 bits per heavy atom. The number of methoxy groups -OCH3 is 2. The van der Waals surface area contributed by atoms with Gasteiger partial charge < -0.3 is 58.0 Å². The van der Waals surface area contributed by atoms with Gasteiger partial charge in [-0.25, -0.2) is 0 Å². The number of aliphatic hydroxyl groups is 2. The van der Waals surface area contributed by atoms with Crippen LogP contribution in [0.3, 0.4) is 0 Å². The number of rotatable bonds is 6. The molecule has 13 nitrogen and oxygen atoms in total. The molecule has 0 bridgehead atoms. The maximum Gasteiger partial charge on any atom is 0.310 e. The first kappa shape index (κ1) is 28.6. The predicted octanol–water partition coefficient (Wildman–Crippen LogP) is 2.75. The molecule has 0 amide bonds. The third kappa shape index (κ3) is 4.70. The van der Waals surface area contributed by atoms with Crippen molar-refractivity contribution in [1.29, 1.82) is 0 Å². The minimum atomic E-state index is -1.95. The van der Waals surface area contributed by atoms with Crippen molar-refractivity contribution in [2.75, 3.05) is 34.2 Å². The molecule has 5 heterocycles. The highest BCUT2D eigenvalue weighted by Crippen LogP contribution is 2.57. The maximum atomic E-state index is 13.6.